The summed E-state index contributed by atoms with van der Waals surface area (Å²) >= 11 is 1.64. The number of nitrogens with zero attached hydrogens (tertiary/aromatic N) is 2. The molecule has 1 aliphatic rings. The smallest absolute Gasteiger partial charge is 0.227 e. The van der Waals surface area contributed by atoms with Gasteiger partial charge in [-0.25, -0.2) is 0 Å². The van der Waals surface area contributed by atoms with Crippen LogP contribution >= 0.6 is 11.3 Å². The number of piperazine rings is 1. The Morgan fingerprint density at radius 3 is 2.91 bits per heavy atom. The minimum Gasteiger partial charge on any atom is -0.497 e. The molecule has 1 aliphatic heterocycles. The van der Waals surface area contributed by atoms with Crippen molar-refractivity contribution in [3.63, 3.8) is 0 Å². The first-order valence-electron chi connectivity index (χ1n) is 7.81. The van der Waals surface area contributed by atoms with Gasteiger partial charge < -0.3 is 9.64 Å². The SMILES string of the molecule is COc1cccc(C2CN(C(=O)Cc3cccs3)CCN2C)c1. The van der Waals surface area contributed by atoms with E-state index in [-0.39, 0.29) is 11.9 Å². The van der Waals surface area contributed by atoms with Crippen LogP contribution in [0.2, 0.25) is 0 Å². The van der Waals surface area contributed by atoms with Crippen LogP contribution in [-0.2, 0) is 11.2 Å². The molecule has 0 spiro atoms. The summed E-state index contributed by atoms with van der Waals surface area (Å²) in [5.74, 6) is 1.08. The van der Waals surface area contributed by atoms with Gasteiger partial charge in [0.2, 0.25) is 5.91 Å². The van der Waals surface area contributed by atoms with E-state index in [4.69, 9.17) is 4.74 Å². The van der Waals surface area contributed by atoms with Crippen molar-refractivity contribution in [3.05, 3.63) is 52.2 Å². The molecule has 122 valence electrons. The van der Waals surface area contributed by atoms with E-state index in [0.29, 0.717) is 6.42 Å². The molecule has 2 aromatic rings. The number of ether oxygens (including phenoxy) is 1. The number of hydrogen-bond donors (Lipinski definition) is 0. The number of thiophene rings is 1. The predicted molar refractivity (Wildman–Crippen MR) is 93.0 cm³/mol. The zero-order chi connectivity index (χ0) is 16.2. The van der Waals surface area contributed by atoms with Crippen LogP contribution in [0.1, 0.15) is 16.5 Å². The van der Waals surface area contributed by atoms with E-state index in [1.807, 2.05) is 34.5 Å². The van der Waals surface area contributed by atoms with Crippen LogP contribution in [0, 0.1) is 0 Å². The van der Waals surface area contributed by atoms with Gasteiger partial charge in [0.25, 0.3) is 0 Å². The summed E-state index contributed by atoms with van der Waals surface area (Å²) in [4.78, 5) is 18.0. The first-order chi connectivity index (χ1) is 11.2. The van der Waals surface area contributed by atoms with Crippen LogP contribution in [0.15, 0.2) is 41.8 Å². The highest BCUT2D eigenvalue weighted by Gasteiger charge is 2.28. The average molecular weight is 330 g/mol. The lowest BCUT2D eigenvalue weighted by Crippen LogP contribution is -2.49. The van der Waals surface area contributed by atoms with Crippen molar-refractivity contribution >= 4 is 17.2 Å². The summed E-state index contributed by atoms with van der Waals surface area (Å²) in [6, 6.07) is 12.4. The highest BCUT2D eigenvalue weighted by molar-refractivity contribution is 7.10. The first kappa shape index (κ1) is 16.0. The number of methoxy groups -OCH3 is 1. The van der Waals surface area contributed by atoms with Gasteiger partial charge in [-0.3, -0.25) is 9.69 Å². The normalized spacial score (nSPS) is 18.9. The summed E-state index contributed by atoms with van der Waals surface area (Å²) in [7, 11) is 3.80. The lowest BCUT2D eigenvalue weighted by molar-refractivity contribution is -0.133. The van der Waals surface area contributed by atoms with Gasteiger partial charge in [0.15, 0.2) is 0 Å². The Labute approximate surface area is 141 Å². The Balaban J connectivity index is 1.72. The average Bonchev–Trinajstić information content (AvgIpc) is 3.08. The maximum Gasteiger partial charge on any atom is 0.227 e. The van der Waals surface area contributed by atoms with Gasteiger partial charge in [0, 0.05) is 24.5 Å². The van der Waals surface area contributed by atoms with Crippen LogP contribution in [-0.4, -0.2) is 49.5 Å². The number of carbonyl (C=O) groups excluding carboxylic acids is 1. The second-order valence-electron chi connectivity index (χ2n) is 5.87. The molecule has 2 heterocycles. The monoisotopic (exact) mass is 330 g/mol. The molecule has 1 unspecified atom stereocenters. The van der Waals surface area contributed by atoms with Crippen LogP contribution in [0.4, 0.5) is 0 Å². The van der Waals surface area contributed by atoms with Gasteiger partial charge in [-0.2, -0.15) is 0 Å². The fourth-order valence-corrected chi connectivity index (χ4v) is 3.68. The van der Waals surface area contributed by atoms with Gasteiger partial charge in [-0.05, 0) is 36.2 Å². The van der Waals surface area contributed by atoms with Gasteiger partial charge >= 0.3 is 0 Å². The van der Waals surface area contributed by atoms with Crippen LogP contribution < -0.4 is 4.74 Å². The van der Waals surface area contributed by atoms with Crippen LogP contribution in [0.25, 0.3) is 0 Å². The number of likely N-dealkylation sites (N-methyl/N-ethyl adjacent to an activating group) is 1. The van der Waals surface area contributed by atoms with Crippen molar-refractivity contribution in [1.82, 2.24) is 9.80 Å². The molecule has 1 saturated heterocycles. The van der Waals surface area contributed by atoms with E-state index in [1.165, 1.54) is 5.56 Å². The molecule has 3 rings (SSSR count). The molecular formula is C18H22N2O2S. The third kappa shape index (κ3) is 3.74. The van der Waals surface area contributed by atoms with Gasteiger partial charge in [-0.1, -0.05) is 18.2 Å². The molecule has 0 N–H and O–H groups in total. The number of hydrogen-bond acceptors (Lipinski definition) is 4. The van der Waals surface area contributed by atoms with Gasteiger partial charge in [-0.15, -0.1) is 11.3 Å². The Morgan fingerprint density at radius 1 is 1.30 bits per heavy atom. The van der Waals surface area contributed by atoms with Crippen molar-refractivity contribution in [3.8, 4) is 5.75 Å². The quantitative estimate of drug-likeness (QED) is 0.864. The number of carbonyl (C=O) groups is 1. The molecule has 5 heteroatoms. The molecule has 1 aromatic heterocycles. The molecule has 0 saturated carbocycles. The molecule has 1 fully saturated rings. The van der Waals surface area contributed by atoms with Crippen LogP contribution in [0.5, 0.6) is 5.75 Å². The topological polar surface area (TPSA) is 32.8 Å². The zero-order valence-electron chi connectivity index (χ0n) is 13.6. The minimum atomic E-state index is 0.214. The Morgan fingerprint density at radius 2 is 2.17 bits per heavy atom. The lowest BCUT2D eigenvalue weighted by Gasteiger charge is -2.39. The minimum absolute atomic E-state index is 0.214. The Bertz CT molecular complexity index is 657. The van der Waals surface area contributed by atoms with E-state index in [2.05, 4.69) is 24.1 Å². The summed E-state index contributed by atoms with van der Waals surface area (Å²) in [5, 5.41) is 2.02. The Hall–Kier alpha value is -1.85. The molecule has 23 heavy (non-hydrogen) atoms. The highest BCUT2D eigenvalue weighted by atomic mass is 32.1. The summed E-state index contributed by atoms with van der Waals surface area (Å²) in [5.41, 5.74) is 1.19. The second kappa shape index (κ2) is 7.15. The number of rotatable bonds is 4. The standard InChI is InChI=1S/C18H22N2O2S/c1-19-8-9-20(18(21)12-16-7-4-10-23-16)13-17(19)14-5-3-6-15(11-14)22-2/h3-7,10-11,17H,8-9,12-13H2,1-2H3. The molecule has 4 nitrogen and oxygen atoms in total. The van der Waals surface area contributed by atoms with Gasteiger partial charge in [0.05, 0.1) is 19.6 Å². The number of benzene rings is 1. The molecule has 1 aromatic carbocycles. The van der Waals surface area contributed by atoms with Crippen molar-refractivity contribution in [2.75, 3.05) is 33.8 Å². The lowest BCUT2D eigenvalue weighted by atomic mass is 10.0. The molecule has 1 amide bonds. The molecule has 0 aliphatic carbocycles. The first-order valence-corrected chi connectivity index (χ1v) is 8.69. The highest BCUT2D eigenvalue weighted by Crippen LogP contribution is 2.27. The summed E-state index contributed by atoms with van der Waals surface area (Å²) in [6.07, 6.45) is 0.506. The largest absolute Gasteiger partial charge is 0.497 e. The fraction of sp³-hybridized carbons (Fsp3) is 0.389. The van der Waals surface area contributed by atoms with Crippen molar-refractivity contribution < 1.29 is 9.53 Å². The second-order valence-corrected chi connectivity index (χ2v) is 6.90. The summed E-state index contributed by atoms with van der Waals surface area (Å²) < 4.78 is 5.33. The summed E-state index contributed by atoms with van der Waals surface area (Å²) in [6.45, 7) is 2.41. The van der Waals surface area contributed by atoms with E-state index < -0.39 is 0 Å². The molecule has 0 radical (unpaired) electrons. The molecule has 1 atom stereocenters. The van der Waals surface area contributed by atoms with E-state index in [0.717, 1.165) is 30.3 Å². The predicted octanol–water partition coefficient (Wildman–Crippen LogP) is 2.81. The maximum atomic E-state index is 12.6. The third-order valence-electron chi connectivity index (χ3n) is 4.38. The Kier molecular flexibility index (Phi) is 4.98. The van der Waals surface area contributed by atoms with Crippen molar-refractivity contribution in [1.29, 1.82) is 0 Å². The van der Waals surface area contributed by atoms with E-state index in [1.54, 1.807) is 18.4 Å². The fourth-order valence-electron chi connectivity index (χ4n) is 2.98. The maximum absolute atomic E-state index is 12.6. The van der Waals surface area contributed by atoms with Crippen molar-refractivity contribution in [2.45, 2.75) is 12.5 Å². The number of amides is 1. The van der Waals surface area contributed by atoms with E-state index in [9.17, 15) is 4.79 Å². The van der Waals surface area contributed by atoms with E-state index >= 15 is 0 Å². The zero-order valence-corrected chi connectivity index (χ0v) is 14.4. The van der Waals surface area contributed by atoms with Gasteiger partial charge in [0.1, 0.15) is 5.75 Å². The van der Waals surface area contributed by atoms with Crippen molar-refractivity contribution in [2.24, 2.45) is 0 Å². The molecule has 0 bridgehead atoms. The van der Waals surface area contributed by atoms with Crippen LogP contribution in [0.3, 0.4) is 0 Å². The molecular weight excluding hydrogens is 308 g/mol. The third-order valence-corrected chi connectivity index (χ3v) is 5.26.